The van der Waals surface area contributed by atoms with Crippen LogP contribution in [0.2, 0.25) is 0 Å². The fourth-order valence-corrected chi connectivity index (χ4v) is 5.95. The van der Waals surface area contributed by atoms with E-state index in [0.717, 1.165) is 69.7 Å². The van der Waals surface area contributed by atoms with Gasteiger partial charge in [0.15, 0.2) is 0 Å². The quantitative estimate of drug-likeness (QED) is 0.266. The Hall–Kier alpha value is -2.86. The van der Waals surface area contributed by atoms with Crippen molar-refractivity contribution in [3.63, 3.8) is 0 Å². The third-order valence-corrected chi connectivity index (χ3v) is 8.14. The number of fused-ring (bicyclic) bond motifs is 3. The van der Waals surface area contributed by atoms with Crippen LogP contribution in [0.1, 0.15) is 50.7 Å². The normalized spacial score (nSPS) is 16.9. The second kappa shape index (κ2) is 11.5. The summed E-state index contributed by atoms with van der Waals surface area (Å²) in [6.07, 6.45) is 4.01. The number of aryl methyl sites for hydroxylation is 1. The minimum atomic E-state index is -0.811. The van der Waals surface area contributed by atoms with Crippen molar-refractivity contribution >= 4 is 21.8 Å². The smallest absolute Gasteiger partial charge is 0.119 e. The number of nitrogens with zero attached hydrogens (tertiary/aromatic N) is 3. The van der Waals surface area contributed by atoms with Crippen LogP contribution in [0.25, 0.3) is 21.8 Å². The number of hydrogen-bond donors (Lipinski definition) is 1. The molecule has 1 saturated heterocycles. The minimum Gasteiger partial charge on any atom is -0.490 e. The molecule has 0 spiro atoms. The number of aliphatic hydroxyl groups is 1. The van der Waals surface area contributed by atoms with Gasteiger partial charge in [0.2, 0.25) is 0 Å². The molecule has 0 aliphatic carbocycles. The van der Waals surface area contributed by atoms with Crippen LogP contribution in [0, 0.1) is 0 Å². The molecule has 0 radical (unpaired) electrons. The largest absolute Gasteiger partial charge is 0.490 e. The highest BCUT2D eigenvalue weighted by atomic mass is 16.5. The molecule has 0 saturated carbocycles. The zero-order valence-electron chi connectivity index (χ0n) is 23.5. The predicted octanol–water partition coefficient (Wildman–Crippen LogP) is 6.41. The van der Waals surface area contributed by atoms with Gasteiger partial charge in [-0.25, -0.2) is 0 Å². The fraction of sp³-hybridized carbons (Fsp3) is 0.455. The number of piperidine rings is 1. The summed E-state index contributed by atoms with van der Waals surface area (Å²) in [6.45, 7) is 9.15. The predicted molar refractivity (Wildman–Crippen MR) is 158 cm³/mol. The zero-order chi connectivity index (χ0) is 26.7. The van der Waals surface area contributed by atoms with Crippen LogP contribution >= 0.6 is 0 Å². The van der Waals surface area contributed by atoms with Gasteiger partial charge in [0.25, 0.3) is 0 Å². The third kappa shape index (κ3) is 5.90. The first-order valence-electron chi connectivity index (χ1n) is 14.2. The third-order valence-electron chi connectivity index (χ3n) is 8.14. The number of aromatic nitrogens is 1. The maximum absolute atomic E-state index is 10.9. The van der Waals surface area contributed by atoms with E-state index in [1.807, 2.05) is 31.2 Å². The molecule has 4 aromatic rings. The Bertz CT molecular complexity index is 1350. The molecular formula is C33H43N3O2. The lowest BCUT2D eigenvalue weighted by molar-refractivity contribution is 0.0435. The van der Waals surface area contributed by atoms with E-state index in [9.17, 15) is 5.11 Å². The lowest BCUT2D eigenvalue weighted by Gasteiger charge is -2.32. The molecule has 0 amide bonds. The summed E-state index contributed by atoms with van der Waals surface area (Å²) in [5, 5.41) is 13.6. The van der Waals surface area contributed by atoms with E-state index in [1.165, 1.54) is 27.4 Å². The Kier molecular flexibility index (Phi) is 8.08. The molecule has 38 heavy (non-hydrogen) atoms. The average Bonchev–Trinajstić information content (AvgIpc) is 3.23. The van der Waals surface area contributed by atoms with E-state index < -0.39 is 5.60 Å². The highest BCUT2D eigenvalue weighted by Crippen LogP contribution is 2.31. The Morgan fingerprint density at radius 2 is 1.66 bits per heavy atom. The highest BCUT2D eigenvalue weighted by molar-refractivity contribution is 6.08. The Morgan fingerprint density at radius 1 is 0.947 bits per heavy atom. The second-order valence-electron chi connectivity index (χ2n) is 11.4. The highest BCUT2D eigenvalue weighted by Gasteiger charge is 2.24. The van der Waals surface area contributed by atoms with E-state index in [1.54, 1.807) is 0 Å². The van der Waals surface area contributed by atoms with Crippen LogP contribution in [-0.4, -0.2) is 59.3 Å². The number of hydrogen-bond acceptors (Lipinski definition) is 4. The summed E-state index contributed by atoms with van der Waals surface area (Å²) < 4.78 is 8.75. The van der Waals surface area contributed by atoms with Crippen LogP contribution in [-0.2, 0) is 18.7 Å². The molecule has 5 rings (SSSR count). The van der Waals surface area contributed by atoms with Crippen molar-refractivity contribution in [1.82, 2.24) is 14.4 Å². The fourth-order valence-electron chi connectivity index (χ4n) is 5.95. The summed E-state index contributed by atoms with van der Waals surface area (Å²) in [7, 11) is 4.13. The molecular weight excluding hydrogens is 470 g/mol. The van der Waals surface area contributed by atoms with Gasteiger partial charge in [-0.1, -0.05) is 36.4 Å². The van der Waals surface area contributed by atoms with Gasteiger partial charge in [-0.2, -0.15) is 0 Å². The molecule has 0 bridgehead atoms. The van der Waals surface area contributed by atoms with Crippen molar-refractivity contribution in [3.8, 4) is 5.75 Å². The van der Waals surface area contributed by atoms with Gasteiger partial charge in [0, 0.05) is 48.0 Å². The van der Waals surface area contributed by atoms with Gasteiger partial charge in [-0.15, -0.1) is 0 Å². The van der Waals surface area contributed by atoms with Gasteiger partial charge >= 0.3 is 0 Å². The zero-order valence-corrected chi connectivity index (χ0v) is 23.5. The van der Waals surface area contributed by atoms with Crippen molar-refractivity contribution in [3.05, 3.63) is 77.9 Å². The molecule has 5 nitrogen and oxygen atoms in total. The summed E-state index contributed by atoms with van der Waals surface area (Å²) in [4.78, 5) is 4.71. The van der Waals surface area contributed by atoms with Gasteiger partial charge in [-0.05, 0) is 102 Å². The molecule has 1 aliphatic rings. The lowest BCUT2D eigenvalue weighted by atomic mass is 9.91. The molecule has 2 heterocycles. The minimum absolute atomic E-state index is 0.239. The first-order chi connectivity index (χ1) is 18.3. The first-order valence-corrected chi connectivity index (χ1v) is 14.2. The average molecular weight is 514 g/mol. The summed E-state index contributed by atoms with van der Waals surface area (Å²) in [5.41, 5.74) is 4.17. The van der Waals surface area contributed by atoms with Gasteiger partial charge < -0.3 is 19.3 Å². The molecule has 1 N–H and O–H groups in total. The Labute approximate surface area is 227 Å². The van der Waals surface area contributed by atoms with Crippen molar-refractivity contribution in [1.29, 1.82) is 0 Å². The van der Waals surface area contributed by atoms with Crippen molar-refractivity contribution in [2.24, 2.45) is 0 Å². The van der Waals surface area contributed by atoms with Crippen LogP contribution in [0.3, 0.4) is 0 Å². The lowest BCUT2D eigenvalue weighted by Crippen LogP contribution is -2.37. The number of ether oxygens (including phenoxy) is 1. The van der Waals surface area contributed by atoms with E-state index in [0.29, 0.717) is 0 Å². The molecule has 1 unspecified atom stereocenters. The van der Waals surface area contributed by atoms with Crippen LogP contribution < -0.4 is 4.74 Å². The first kappa shape index (κ1) is 26.7. The Balaban J connectivity index is 1.15. The van der Waals surface area contributed by atoms with Crippen molar-refractivity contribution in [2.45, 2.75) is 64.3 Å². The summed E-state index contributed by atoms with van der Waals surface area (Å²) in [6, 6.07) is 23.8. The standard InChI is InChI=1S/C33H43N3O2/c1-5-36-31-10-7-6-9-29(31)30-23-25(11-16-32(30)36)24-35-21-17-28(18-22-35)38-27-14-12-26(13-15-27)33(2,37)19-8-20-34(3)4/h6-7,9-16,23,28,37H,5,8,17-22,24H2,1-4H3. The monoisotopic (exact) mass is 513 g/mol. The van der Waals surface area contributed by atoms with E-state index >= 15 is 0 Å². The molecule has 202 valence electrons. The van der Waals surface area contributed by atoms with Crippen molar-refractivity contribution in [2.75, 3.05) is 33.7 Å². The number of para-hydroxylation sites is 1. The number of rotatable bonds is 10. The van der Waals surface area contributed by atoms with Crippen LogP contribution in [0.5, 0.6) is 5.75 Å². The Morgan fingerprint density at radius 3 is 2.37 bits per heavy atom. The molecule has 1 fully saturated rings. The van der Waals surface area contributed by atoms with Gasteiger partial charge in [-0.3, -0.25) is 4.90 Å². The number of benzene rings is 3. The van der Waals surface area contributed by atoms with Crippen molar-refractivity contribution < 1.29 is 9.84 Å². The van der Waals surface area contributed by atoms with Gasteiger partial charge in [0.05, 0.1) is 5.60 Å². The maximum Gasteiger partial charge on any atom is 0.119 e. The summed E-state index contributed by atoms with van der Waals surface area (Å²) >= 11 is 0. The second-order valence-corrected chi connectivity index (χ2v) is 11.4. The topological polar surface area (TPSA) is 40.9 Å². The van der Waals surface area contributed by atoms with E-state index in [4.69, 9.17) is 4.74 Å². The number of likely N-dealkylation sites (tertiary alicyclic amines) is 1. The van der Waals surface area contributed by atoms with Crippen LogP contribution in [0.4, 0.5) is 0 Å². The molecule has 1 aromatic heterocycles. The maximum atomic E-state index is 10.9. The molecule has 5 heteroatoms. The summed E-state index contributed by atoms with van der Waals surface area (Å²) in [5.74, 6) is 0.897. The van der Waals surface area contributed by atoms with E-state index in [-0.39, 0.29) is 6.10 Å². The van der Waals surface area contributed by atoms with E-state index in [2.05, 4.69) is 77.9 Å². The van der Waals surface area contributed by atoms with Crippen LogP contribution in [0.15, 0.2) is 66.7 Å². The molecule has 1 atom stereocenters. The SMILES string of the molecule is CCn1c2ccccc2c2cc(CN3CCC(Oc4ccc(C(C)(O)CCCN(C)C)cc4)CC3)ccc21. The molecule has 3 aromatic carbocycles. The molecule has 1 aliphatic heterocycles. The van der Waals surface area contributed by atoms with Gasteiger partial charge in [0.1, 0.15) is 11.9 Å².